The predicted octanol–water partition coefficient (Wildman–Crippen LogP) is 4.07. The lowest BCUT2D eigenvalue weighted by Gasteiger charge is -2.34. The van der Waals surface area contributed by atoms with Crippen molar-refractivity contribution in [2.45, 2.75) is 104 Å². The van der Waals surface area contributed by atoms with Crippen LogP contribution in [-0.2, 0) is 14.3 Å². The van der Waals surface area contributed by atoms with Crippen molar-refractivity contribution in [1.29, 1.82) is 0 Å². The molecular weight excluding hydrogens is 454 g/mol. The summed E-state index contributed by atoms with van der Waals surface area (Å²) in [5, 5.41) is 34.9. The normalized spacial score (nSPS) is 32.9. The van der Waals surface area contributed by atoms with E-state index in [4.69, 9.17) is 4.74 Å². The topological polar surface area (TPSA) is 117 Å². The summed E-state index contributed by atoms with van der Waals surface area (Å²) >= 11 is 1.53. The minimum atomic E-state index is -1.25. The Morgan fingerprint density at radius 1 is 1.15 bits per heavy atom. The van der Waals surface area contributed by atoms with Gasteiger partial charge < -0.3 is 20.1 Å². The number of Topliss-reactive ketones (excluding diaryl/α,β-unsaturated/α-hetero) is 1. The van der Waals surface area contributed by atoms with Gasteiger partial charge in [0.05, 0.1) is 40.8 Å². The zero-order valence-corrected chi connectivity index (χ0v) is 22.1. The Balaban J connectivity index is 2.27. The predicted molar refractivity (Wildman–Crippen MR) is 133 cm³/mol. The second-order valence-electron chi connectivity index (χ2n) is 10.4. The van der Waals surface area contributed by atoms with Gasteiger partial charge in [0.15, 0.2) is 0 Å². The highest BCUT2D eigenvalue weighted by Gasteiger charge is 2.42. The standard InChI is InChI=1S/C26H41NO6S/c1-15-8-7-9-20(28)10-11-21(16(2)12-19-14-34-18(4)27-19)33-23(30)13-22(29)26(5,6)25(32)17(3)24(15)31/h12,14-15,17,20-22,24,28-29,31H,7-11,13H2,1-6H3/b16-12+. The fourth-order valence-electron chi connectivity index (χ4n) is 4.51. The number of ether oxygens (including phenoxy) is 1. The van der Waals surface area contributed by atoms with Crippen molar-refractivity contribution in [2.24, 2.45) is 17.3 Å². The molecule has 6 unspecified atom stereocenters. The number of cyclic esters (lactones) is 1. The number of carbonyl (C=O) groups excluding carboxylic acids is 2. The van der Waals surface area contributed by atoms with E-state index in [2.05, 4.69) is 4.98 Å². The van der Waals surface area contributed by atoms with Gasteiger partial charge in [0.25, 0.3) is 0 Å². The average Bonchev–Trinajstić information content (AvgIpc) is 3.18. The van der Waals surface area contributed by atoms with Crippen LogP contribution in [0.15, 0.2) is 11.0 Å². The van der Waals surface area contributed by atoms with E-state index in [1.807, 2.05) is 32.2 Å². The van der Waals surface area contributed by atoms with Crippen molar-refractivity contribution in [3.63, 3.8) is 0 Å². The lowest BCUT2D eigenvalue weighted by Crippen LogP contribution is -2.45. The van der Waals surface area contributed by atoms with Crippen LogP contribution in [0.2, 0.25) is 0 Å². The number of aliphatic hydroxyl groups is 3. The van der Waals surface area contributed by atoms with Crippen molar-refractivity contribution in [3.8, 4) is 0 Å². The van der Waals surface area contributed by atoms with Gasteiger partial charge in [-0.1, -0.05) is 34.1 Å². The Kier molecular flexibility index (Phi) is 10.4. The van der Waals surface area contributed by atoms with E-state index < -0.39 is 41.7 Å². The second-order valence-corrected chi connectivity index (χ2v) is 11.4. The van der Waals surface area contributed by atoms with Crippen molar-refractivity contribution >= 4 is 29.2 Å². The number of hydrogen-bond acceptors (Lipinski definition) is 8. The van der Waals surface area contributed by atoms with E-state index in [0.29, 0.717) is 32.1 Å². The van der Waals surface area contributed by atoms with Gasteiger partial charge in [-0.3, -0.25) is 9.59 Å². The average molecular weight is 496 g/mol. The monoisotopic (exact) mass is 495 g/mol. The van der Waals surface area contributed by atoms with Gasteiger partial charge in [-0.2, -0.15) is 0 Å². The summed E-state index contributed by atoms with van der Waals surface area (Å²) in [5.74, 6) is -1.71. The summed E-state index contributed by atoms with van der Waals surface area (Å²) in [6.07, 6.45) is 1.16. The summed E-state index contributed by atoms with van der Waals surface area (Å²) in [4.78, 5) is 30.4. The molecular formula is C26H41NO6S. The van der Waals surface area contributed by atoms with E-state index in [9.17, 15) is 24.9 Å². The Hall–Kier alpha value is -1.61. The summed E-state index contributed by atoms with van der Waals surface area (Å²) in [5.41, 5.74) is 0.379. The molecule has 8 heteroatoms. The number of thiazole rings is 1. The van der Waals surface area contributed by atoms with Gasteiger partial charge in [-0.15, -0.1) is 11.3 Å². The van der Waals surface area contributed by atoms with E-state index in [1.54, 1.807) is 20.8 Å². The molecule has 0 amide bonds. The number of aliphatic hydroxyl groups excluding tert-OH is 3. The third-order valence-electron chi connectivity index (χ3n) is 7.09. The Bertz CT molecular complexity index is 863. The quantitative estimate of drug-likeness (QED) is 0.530. The molecule has 1 aliphatic rings. The molecule has 1 saturated heterocycles. The highest BCUT2D eigenvalue weighted by Crippen LogP contribution is 2.32. The maximum Gasteiger partial charge on any atom is 0.309 e. The van der Waals surface area contributed by atoms with Crippen LogP contribution >= 0.6 is 11.3 Å². The second kappa shape index (κ2) is 12.4. The van der Waals surface area contributed by atoms with Crippen LogP contribution in [0.3, 0.4) is 0 Å². The molecule has 1 fully saturated rings. The smallest absolute Gasteiger partial charge is 0.309 e. The number of hydrogen-bond donors (Lipinski definition) is 3. The summed E-state index contributed by atoms with van der Waals surface area (Å²) < 4.78 is 5.74. The Morgan fingerprint density at radius 2 is 1.82 bits per heavy atom. The van der Waals surface area contributed by atoms with E-state index in [-0.39, 0.29) is 18.1 Å². The Morgan fingerprint density at radius 3 is 2.44 bits per heavy atom. The fourth-order valence-corrected chi connectivity index (χ4v) is 5.08. The van der Waals surface area contributed by atoms with E-state index >= 15 is 0 Å². The van der Waals surface area contributed by atoms with Crippen LogP contribution in [0, 0.1) is 24.2 Å². The minimum Gasteiger partial charge on any atom is -0.458 e. The first-order valence-corrected chi connectivity index (χ1v) is 13.1. The minimum absolute atomic E-state index is 0.128. The molecule has 7 nitrogen and oxygen atoms in total. The molecule has 192 valence electrons. The Labute approximate surface area is 207 Å². The van der Waals surface area contributed by atoms with Crippen molar-refractivity contribution in [1.82, 2.24) is 4.98 Å². The third-order valence-corrected chi connectivity index (χ3v) is 7.88. The van der Waals surface area contributed by atoms with E-state index in [1.165, 1.54) is 11.3 Å². The first-order chi connectivity index (χ1) is 15.8. The zero-order chi connectivity index (χ0) is 25.6. The molecule has 0 bridgehead atoms. The SMILES string of the molecule is C/C(=C\c1csc(C)n1)C1CCC(O)CCCC(C)C(O)C(C)C(=O)C(C)(C)C(O)CC(=O)O1. The number of rotatable bonds is 2. The number of aromatic nitrogens is 1. The van der Waals surface area contributed by atoms with Gasteiger partial charge >= 0.3 is 5.97 Å². The van der Waals surface area contributed by atoms with Gasteiger partial charge in [-0.05, 0) is 57.1 Å². The van der Waals surface area contributed by atoms with E-state index in [0.717, 1.165) is 16.3 Å². The van der Waals surface area contributed by atoms with Gasteiger partial charge in [0.1, 0.15) is 11.9 Å². The summed E-state index contributed by atoms with van der Waals surface area (Å²) in [7, 11) is 0. The third kappa shape index (κ3) is 7.70. The van der Waals surface area contributed by atoms with Crippen LogP contribution in [0.4, 0.5) is 0 Å². The molecule has 2 heterocycles. The van der Waals surface area contributed by atoms with Gasteiger partial charge in [0, 0.05) is 11.3 Å². The number of ketones is 1. The molecule has 1 aliphatic heterocycles. The van der Waals surface area contributed by atoms with Crippen LogP contribution in [0.5, 0.6) is 0 Å². The molecule has 2 rings (SSSR count). The first-order valence-electron chi connectivity index (χ1n) is 12.2. The number of carbonyl (C=O) groups is 2. The lowest BCUT2D eigenvalue weighted by atomic mass is 9.73. The molecule has 6 atom stereocenters. The number of nitrogens with zero attached hydrogens (tertiary/aromatic N) is 1. The molecule has 0 aliphatic carbocycles. The van der Waals surface area contributed by atoms with Crippen molar-refractivity contribution < 1.29 is 29.6 Å². The molecule has 3 N–H and O–H groups in total. The fraction of sp³-hybridized carbons (Fsp3) is 0.731. The molecule has 1 aromatic heterocycles. The maximum atomic E-state index is 13.1. The lowest BCUT2D eigenvalue weighted by molar-refractivity contribution is -0.154. The van der Waals surface area contributed by atoms with Crippen LogP contribution in [-0.4, -0.2) is 56.5 Å². The molecule has 0 spiro atoms. The first kappa shape index (κ1) is 28.6. The van der Waals surface area contributed by atoms with Gasteiger partial charge in [0.2, 0.25) is 0 Å². The maximum absolute atomic E-state index is 13.1. The van der Waals surface area contributed by atoms with Crippen LogP contribution in [0.1, 0.15) is 83.8 Å². The van der Waals surface area contributed by atoms with Crippen LogP contribution in [0.25, 0.3) is 6.08 Å². The van der Waals surface area contributed by atoms with Crippen molar-refractivity contribution in [3.05, 3.63) is 21.7 Å². The van der Waals surface area contributed by atoms with Crippen LogP contribution < -0.4 is 0 Å². The molecule has 0 radical (unpaired) electrons. The molecule has 34 heavy (non-hydrogen) atoms. The number of aryl methyl sites for hydroxylation is 1. The van der Waals surface area contributed by atoms with Crippen molar-refractivity contribution in [2.75, 3.05) is 0 Å². The molecule has 1 aromatic rings. The zero-order valence-electron chi connectivity index (χ0n) is 21.3. The highest BCUT2D eigenvalue weighted by atomic mass is 32.1. The summed E-state index contributed by atoms with van der Waals surface area (Å²) in [6.45, 7) is 10.6. The highest BCUT2D eigenvalue weighted by molar-refractivity contribution is 7.09. The number of esters is 1. The largest absolute Gasteiger partial charge is 0.458 e. The molecule has 0 saturated carbocycles. The summed E-state index contributed by atoms with van der Waals surface area (Å²) in [6, 6.07) is 0. The molecule has 0 aromatic carbocycles. The van der Waals surface area contributed by atoms with Gasteiger partial charge in [-0.25, -0.2) is 4.98 Å².